The van der Waals surface area contributed by atoms with Crippen LogP contribution in [0.25, 0.3) is 0 Å². The second-order valence-electron chi connectivity index (χ2n) is 4.88. The Labute approximate surface area is 119 Å². The van der Waals surface area contributed by atoms with Gasteiger partial charge in [-0.15, -0.1) is 0 Å². The van der Waals surface area contributed by atoms with Crippen LogP contribution in [0.5, 0.6) is 0 Å². The van der Waals surface area contributed by atoms with Crippen LogP contribution in [0.4, 0.5) is 0 Å². The molecule has 2 rings (SSSR count). The summed E-state index contributed by atoms with van der Waals surface area (Å²) in [5.74, 6) is -1.71. The van der Waals surface area contributed by atoms with Crippen LogP contribution in [0.2, 0.25) is 0 Å². The fraction of sp³-hybridized carbons (Fsp3) is 0.429. The summed E-state index contributed by atoms with van der Waals surface area (Å²) in [6.07, 6.45) is 2.06. The zero-order valence-corrected chi connectivity index (χ0v) is 11.8. The smallest absolute Gasteiger partial charge is 0.319 e. The van der Waals surface area contributed by atoms with Gasteiger partial charge >= 0.3 is 5.97 Å². The van der Waals surface area contributed by atoms with Gasteiger partial charge in [-0.05, 0) is 24.8 Å². The zero-order chi connectivity index (χ0) is 14.5. The number of aliphatic carboxylic acids is 1. The molecule has 20 heavy (non-hydrogen) atoms. The lowest BCUT2D eigenvalue weighted by atomic mass is 10.1. The molecule has 1 aliphatic carbocycles. The maximum absolute atomic E-state index is 12.1. The molecule has 0 aliphatic heterocycles. The second-order valence-corrected chi connectivity index (χ2v) is 6.50. The van der Waals surface area contributed by atoms with E-state index in [1.807, 2.05) is 6.07 Å². The van der Waals surface area contributed by atoms with Crippen LogP contribution in [-0.4, -0.2) is 38.2 Å². The number of carbonyl (C=O) groups is 2. The van der Waals surface area contributed by atoms with Gasteiger partial charge in [-0.3, -0.25) is 13.8 Å². The van der Waals surface area contributed by atoms with Gasteiger partial charge < -0.3 is 10.4 Å². The molecule has 0 spiro atoms. The van der Waals surface area contributed by atoms with Gasteiger partial charge in [0.2, 0.25) is 5.91 Å². The summed E-state index contributed by atoms with van der Waals surface area (Å²) < 4.78 is 12.1. The number of hydrogen-bond acceptors (Lipinski definition) is 3. The van der Waals surface area contributed by atoms with Crippen LogP contribution in [0.3, 0.4) is 0 Å². The predicted octanol–water partition coefficient (Wildman–Crippen LogP) is 0.710. The van der Waals surface area contributed by atoms with E-state index in [4.69, 9.17) is 0 Å². The topological polar surface area (TPSA) is 83.5 Å². The van der Waals surface area contributed by atoms with Crippen LogP contribution < -0.4 is 5.32 Å². The highest BCUT2D eigenvalue weighted by molar-refractivity contribution is 7.87. The van der Waals surface area contributed by atoms with Gasteiger partial charge in [0, 0.05) is 16.8 Å². The summed E-state index contributed by atoms with van der Waals surface area (Å²) >= 11 is 0. The van der Waals surface area contributed by atoms with Crippen LogP contribution in [-0.2, 0) is 26.8 Å². The van der Waals surface area contributed by atoms with Crippen molar-refractivity contribution in [2.45, 2.75) is 30.6 Å². The lowest BCUT2D eigenvalue weighted by Gasteiger charge is -2.12. The van der Waals surface area contributed by atoms with Crippen LogP contribution in [0.15, 0.2) is 30.3 Å². The number of amides is 1. The molecule has 1 aromatic rings. The molecule has 1 aliphatic rings. The number of benzene rings is 1. The Hall–Kier alpha value is -1.69. The number of nitrogens with one attached hydrogen (secondary N) is 1. The SMILES string of the molecule is O=C(CS(=O)C(Cc1ccccc1)C(=O)O)NC1CC1. The third kappa shape index (κ3) is 4.45. The Kier molecular flexibility index (Phi) is 4.89. The molecule has 0 radical (unpaired) electrons. The molecule has 2 N–H and O–H groups in total. The lowest BCUT2D eigenvalue weighted by molar-refractivity contribution is -0.136. The zero-order valence-electron chi connectivity index (χ0n) is 11.0. The maximum Gasteiger partial charge on any atom is 0.319 e. The van der Waals surface area contributed by atoms with Crippen LogP contribution in [0, 0.1) is 0 Å². The minimum absolute atomic E-state index is 0.166. The molecule has 2 atom stereocenters. The minimum atomic E-state index is -1.72. The molecule has 1 aromatic carbocycles. The van der Waals surface area contributed by atoms with Crippen molar-refractivity contribution in [3.63, 3.8) is 0 Å². The minimum Gasteiger partial charge on any atom is -0.480 e. The third-order valence-electron chi connectivity index (χ3n) is 3.07. The Morgan fingerprint density at radius 2 is 1.95 bits per heavy atom. The van der Waals surface area contributed by atoms with Crippen molar-refractivity contribution >= 4 is 22.7 Å². The molecule has 1 fully saturated rings. The highest BCUT2D eigenvalue weighted by atomic mass is 32.2. The summed E-state index contributed by atoms with van der Waals surface area (Å²) in [6, 6.07) is 9.21. The molecule has 6 heteroatoms. The van der Waals surface area contributed by atoms with Crippen molar-refractivity contribution in [3.05, 3.63) is 35.9 Å². The number of rotatable bonds is 7. The van der Waals surface area contributed by atoms with Gasteiger partial charge in [0.15, 0.2) is 0 Å². The highest BCUT2D eigenvalue weighted by Gasteiger charge is 2.29. The standard InChI is InChI=1S/C14H17NO4S/c16-13(15-11-6-7-11)9-20(19)12(14(17)18)8-10-4-2-1-3-5-10/h1-5,11-12H,6-9H2,(H,15,16)(H,17,18). The maximum atomic E-state index is 12.1. The lowest BCUT2D eigenvalue weighted by Crippen LogP contribution is -2.36. The highest BCUT2D eigenvalue weighted by Crippen LogP contribution is 2.18. The first-order chi connectivity index (χ1) is 9.56. The third-order valence-corrected chi connectivity index (χ3v) is 4.62. The average Bonchev–Trinajstić information content (AvgIpc) is 3.20. The molecule has 1 amide bonds. The van der Waals surface area contributed by atoms with Gasteiger partial charge in [0.1, 0.15) is 11.0 Å². The van der Waals surface area contributed by atoms with E-state index in [0.717, 1.165) is 18.4 Å². The van der Waals surface area contributed by atoms with Gasteiger partial charge in [-0.25, -0.2) is 0 Å². The monoisotopic (exact) mass is 295 g/mol. The summed E-state index contributed by atoms with van der Waals surface area (Å²) in [5, 5.41) is 10.9. The number of carboxylic acid groups (broad SMARTS) is 1. The first-order valence-corrected chi connectivity index (χ1v) is 7.87. The van der Waals surface area contributed by atoms with E-state index in [2.05, 4.69) is 5.32 Å². The predicted molar refractivity (Wildman–Crippen MR) is 75.7 cm³/mol. The molecule has 108 valence electrons. The first kappa shape index (κ1) is 14.7. The van der Waals surface area contributed by atoms with Gasteiger partial charge in [0.25, 0.3) is 0 Å². The number of carbonyl (C=O) groups excluding carboxylic acids is 1. The second kappa shape index (κ2) is 6.65. The molecule has 0 aromatic heterocycles. The van der Waals surface area contributed by atoms with Gasteiger partial charge in [-0.2, -0.15) is 0 Å². The summed E-state index contributed by atoms with van der Waals surface area (Å²) in [4.78, 5) is 22.8. The van der Waals surface area contributed by atoms with Crippen LogP contribution >= 0.6 is 0 Å². The van der Waals surface area contributed by atoms with E-state index in [9.17, 15) is 18.9 Å². The summed E-state index contributed by atoms with van der Waals surface area (Å²) in [6.45, 7) is 0. The van der Waals surface area contributed by atoms with Gasteiger partial charge in [-0.1, -0.05) is 30.3 Å². The molecule has 0 saturated heterocycles. The van der Waals surface area contributed by atoms with Crippen molar-refractivity contribution < 1.29 is 18.9 Å². The largest absolute Gasteiger partial charge is 0.480 e. The number of carboxylic acids is 1. The van der Waals surface area contributed by atoms with Crippen molar-refractivity contribution in [2.24, 2.45) is 0 Å². The normalized spacial score (nSPS) is 17.2. The van der Waals surface area contributed by atoms with Crippen molar-refractivity contribution in [2.75, 3.05) is 5.75 Å². The Morgan fingerprint density at radius 3 is 2.50 bits per heavy atom. The van der Waals surface area contributed by atoms with Crippen LogP contribution in [0.1, 0.15) is 18.4 Å². The number of hydrogen-bond donors (Lipinski definition) is 2. The molecular formula is C14H17NO4S. The quantitative estimate of drug-likeness (QED) is 0.776. The van der Waals surface area contributed by atoms with E-state index in [1.165, 1.54) is 0 Å². The van der Waals surface area contributed by atoms with E-state index in [0.29, 0.717) is 0 Å². The first-order valence-electron chi connectivity index (χ1n) is 6.49. The molecule has 2 unspecified atom stereocenters. The van der Waals surface area contributed by atoms with E-state index in [1.54, 1.807) is 24.3 Å². The molecular weight excluding hydrogens is 278 g/mol. The Balaban J connectivity index is 1.94. The molecule has 5 nitrogen and oxygen atoms in total. The molecule has 1 saturated carbocycles. The Bertz CT molecular complexity index is 513. The van der Waals surface area contributed by atoms with E-state index >= 15 is 0 Å². The molecule has 0 heterocycles. The fourth-order valence-electron chi connectivity index (χ4n) is 1.85. The van der Waals surface area contributed by atoms with E-state index in [-0.39, 0.29) is 24.1 Å². The van der Waals surface area contributed by atoms with E-state index < -0.39 is 22.0 Å². The molecule has 0 bridgehead atoms. The van der Waals surface area contributed by atoms with Gasteiger partial charge in [0.05, 0.1) is 0 Å². The average molecular weight is 295 g/mol. The van der Waals surface area contributed by atoms with Crippen molar-refractivity contribution in [1.82, 2.24) is 5.32 Å². The van der Waals surface area contributed by atoms with Crippen molar-refractivity contribution in [1.29, 1.82) is 0 Å². The van der Waals surface area contributed by atoms with Crippen molar-refractivity contribution in [3.8, 4) is 0 Å². The fourth-order valence-corrected chi connectivity index (χ4v) is 2.99. The summed E-state index contributed by atoms with van der Waals surface area (Å²) in [5.41, 5.74) is 0.802. The Morgan fingerprint density at radius 1 is 1.30 bits per heavy atom. The summed E-state index contributed by atoms with van der Waals surface area (Å²) in [7, 11) is -1.72.